The Labute approximate surface area is 151 Å². The molecule has 4 rings (SSSR count). The Morgan fingerprint density at radius 2 is 1.88 bits per heavy atom. The van der Waals surface area contributed by atoms with Gasteiger partial charge < -0.3 is 14.9 Å². The first-order valence-corrected chi connectivity index (χ1v) is 10.3. The van der Waals surface area contributed by atoms with Gasteiger partial charge in [-0.25, -0.2) is 0 Å². The second kappa shape index (κ2) is 6.03. The molecule has 4 heteroatoms. The molecule has 4 saturated carbocycles. The zero-order valence-corrected chi connectivity index (χ0v) is 15.9. The first-order valence-electron chi connectivity index (χ1n) is 10.3. The third-order valence-corrected chi connectivity index (χ3v) is 8.68. The minimum Gasteiger partial charge on any atom is -0.393 e. The number of rotatable bonds is 2. The summed E-state index contributed by atoms with van der Waals surface area (Å²) in [6.07, 6.45) is 5.26. The molecule has 0 amide bonds. The summed E-state index contributed by atoms with van der Waals surface area (Å²) >= 11 is 0. The van der Waals surface area contributed by atoms with Crippen LogP contribution >= 0.6 is 0 Å². The highest BCUT2D eigenvalue weighted by atomic mass is 16.5. The number of hydrogen-bond donors (Lipinski definition) is 2. The van der Waals surface area contributed by atoms with Crippen LogP contribution in [-0.4, -0.2) is 40.9 Å². The van der Waals surface area contributed by atoms with E-state index in [1.54, 1.807) is 0 Å². The zero-order chi connectivity index (χ0) is 18.0. The molecule has 0 heterocycles. The molecule has 0 bridgehead atoms. The lowest BCUT2D eigenvalue weighted by atomic mass is 9.44. The third kappa shape index (κ3) is 2.47. The van der Waals surface area contributed by atoms with Crippen molar-refractivity contribution in [1.29, 1.82) is 0 Å². The number of carbonyl (C=O) groups is 1. The molecule has 0 aromatic heterocycles. The van der Waals surface area contributed by atoms with Crippen molar-refractivity contribution < 1.29 is 19.7 Å². The van der Waals surface area contributed by atoms with Crippen molar-refractivity contribution in [2.45, 2.75) is 84.0 Å². The zero-order valence-electron chi connectivity index (χ0n) is 15.9. The van der Waals surface area contributed by atoms with E-state index < -0.39 is 6.10 Å². The summed E-state index contributed by atoms with van der Waals surface area (Å²) in [7, 11) is 0. The van der Waals surface area contributed by atoms with Crippen molar-refractivity contribution in [3.8, 4) is 0 Å². The molecule has 4 nitrogen and oxygen atoms in total. The van der Waals surface area contributed by atoms with Crippen LogP contribution in [0.1, 0.15) is 65.7 Å². The van der Waals surface area contributed by atoms with Crippen LogP contribution in [0.2, 0.25) is 0 Å². The minimum atomic E-state index is -0.404. The van der Waals surface area contributed by atoms with Crippen molar-refractivity contribution in [1.82, 2.24) is 0 Å². The van der Waals surface area contributed by atoms with Gasteiger partial charge in [0.15, 0.2) is 0 Å². The van der Waals surface area contributed by atoms with Gasteiger partial charge in [0.1, 0.15) is 5.78 Å². The Morgan fingerprint density at radius 1 is 1.12 bits per heavy atom. The monoisotopic (exact) mass is 350 g/mol. The van der Waals surface area contributed by atoms with Gasteiger partial charge in [-0.05, 0) is 74.5 Å². The Morgan fingerprint density at radius 3 is 2.60 bits per heavy atom. The largest absolute Gasteiger partial charge is 0.393 e. The quantitative estimate of drug-likeness (QED) is 0.803. The number of fused-ring (bicyclic) bond motifs is 5. The number of hydrogen-bond acceptors (Lipinski definition) is 4. The second-order valence-corrected chi connectivity index (χ2v) is 9.73. The van der Waals surface area contributed by atoms with Crippen molar-refractivity contribution >= 4 is 5.78 Å². The SMILES string of the molecule is CCOC1C[C@@]2(C)[C@@H](CCC3[C@@H]2[C@@H](O)C[C@]2(C)C(=O)CC[C@@H]32)C[C@@H]1O. The van der Waals surface area contributed by atoms with Crippen LogP contribution in [0.3, 0.4) is 0 Å². The molecule has 2 N–H and O–H groups in total. The maximum Gasteiger partial charge on any atom is 0.139 e. The molecule has 142 valence electrons. The molecule has 0 aromatic carbocycles. The molecule has 2 unspecified atom stereocenters. The number of carbonyl (C=O) groups excluding carboxylic acids is 1. The predicted molar refractivity (Wildman–Crippen MR) is 94.9 cm³/mol. The smallest absolute Gasteiger partial charge is 0.139 e. The number of aliphatic hydroxyl groups excluding tert-OH is 2. The van der Waals surface area contributed by atoms with Crippen LogP contribution in [0.4, 0.5) is 0 Å². The molecular formula is C21H34O4. The Hall–Kier alpha value is -0.450. The molecule has 4 aliphatic rings. The molecule has 0 radical (unpaired) electrons. The topological polar surface area (TPSA) is 66.8 Å². The van der Waals surface area contributed by atoms with E-state index in [4.69, 9.17) is 4.74 Å². The summed E-state index contributed by atoms with van der Waals surface area (Å²) in [6.45, 7) is 7.04. The average molecular weight is 350 g/mol. The molecule has 0 aromatic rings. The fraction of sp³-hybridized carbons (Fsp3) is 0.952. The van der Waals surface area contributed by atoms with E-state index in [-0.39, 0.29) is 29.0 Å². The normalized spacial score (nSPS) is 55.4. The lowest BCUT2D eigenvalue weighted by Gasteiger charge is -2.62. The molecule has 9 atom stereocenters. The number of ether oxygens (including phenoxy) is 1. The predicted octanol–water partition coefficient (Wildman–Crippen LogP) is 2.94. The van der Waals surface area contributed by atoms with Crippen molar-refractivity contribution in [3.05, 3.63) is 0 Å². The lowest BCUT2D eigenvalue weighted by Crippen LogP contribution is -2.61. The first kappa shape index (κ1) is 17.9. The summed E-state index contributed by atoms with van der Waals surface area (Å²) in [4.78, 5) is 12.5. The van der Waals surface area contributed by atoms with Gasteiger partial charge in [-0.1, -0.05) is 13.8 Å². The molecule has 0 saturated heterocycles. The van der Waals surface area contributed by atoms with E-state index in [9.17, 15) is 15.0 Å². The van der Waals surface area contributed by atoms with Crippen LogP contribution < -0.4 is 0 Å². The second-order valence-electron chi connectivity index (χ2n) is 9.73. The molecule has 25 heavy (non-hydrogen) atoms. The van der Waals surface area contributed by atoms with E-state index in [1.807, 2.05) is 6.92 Å². The van der Waals surface area contributed by atoms with Gasteiger partial charge in [-0.3, -0.25) is 4.79 Å². The Kier molecular flexibility index (Phi) is 4.33. The summed E-state index contributed by atoms with van der Waals surface area (Å²) < 4.78 is 5.86. The van der Waals surface area contributed by atoms with E-state index in [2.05, 4.69) is 13.8 Å². The van der Waals surface area contributed by atoms with Crippen LogP contribution in [-0.2, 0) is 9.53 Å². The maximum atomic E-state index is 12.5. The highest BCUT2D eigenvalue weighted by Crippen LogP contribution is 2.65. The van der Waals surface area contributed by atoms with Crippen LogP contribution in [0.25, 0.3) is 0 Å². The summed E-state index contributed by atoms with van der Waals surface area (Å²) in [5.41, 5.74) is -0.300. The standard InChI is InChI=1S/C21H34O4/c1-4-25-17-11-20(2)12(9-15(17)22)5-6-13-14-7-8-18(24)21(14,3)10-16(23)19(13)20/h12-17,19,22-23H,4-11H2,1-3H3/t12-,13?,14-,15-,16-,17?,19+,20-,21-/m0/s1. The third-order valence-electron chi connectivity index (χ3n) is 8.68. The summed E-state index contributed by atoms with van der Waals surface area (Å²) in [5.74, 6) is 1.94. The fourth-order valence-corrected chi connectivity index (χ4v) is 7.54. The van der Waals surface area contributed by atoms with Crippen LogP contribution in [0.5, 0.6) is 0 Å². The number of aliphatic hydroxyl groups is 2. The van der Waals surface area contributed by atoms with E-state index >= 15 is 0 Å². The fourth-order valence-electron chi connectivity index (χ4n) is 7.54. The van der Waals surface area contributed by atoms with Crippen molar-refractivity contribution in [3.63, 3.8) is 0 Å². The van der Waals surface area contributed by atoms with Gasteiger partial charge in [0, 0.05) is 18.4 Å². The van der Waals surface area contributed by atoms with Gasteiger partial charge >= 0.3 is 0 Å². The molecule has 4 fully saturated rings. The average Bonchev–Trinajstić information content (AvgIpc) is 2.83. The Balaban J connectivity index is 1.66. The van der Waals surface area contributed by atoms with E-state index in [1.165, 1.54) is 0 Å². The van der Waals surface area contributed by atoms with Crippen molar-refractivity contribution in [2.24, 2.45) is 34.5 Å². The van der Waals surface area contributed by atoms with Gasteiger partial charge in [-0.2, -0.15) is 0 Å². The molecule has 0 aliphatic heterocycles. The van der Waals surface area contributed by atoms with Crippen LogP contribution in [0, 0.1) is 34.5 Å². The highest BCUT2D eigenvalue weighted by molar-refractivity contribution is 5.87. The maximum absolute atomic E-state index is 12.5. The summed E-state index contributed by atoms with van der Waals surface area (Å²) in [5, 5.41) is 21.7. The van der Waals surface area contributed by atoms with Gasteiger partial charge in [0.2, 0.25) is 0 Å². The first-order chi connectivity index (χ1) is 11.8. The van der Waals surface area contributed by atoms with Gasteiger partial charge in [-0.15, -0.1) is 0 Å². The molecular weight excluding hydrogens is 316 g/mol. The highest BCUT2D eigenvalue weighted by Gasteiger charge is 2.64. The molecule has 0 spiro atoms. The van der Waals surface area contributed by atoms with Gasteiger partial charge in [0.25, 0.3) is 0 Å². The van der Waals surface area contributed by atoms with Gasteiger partial charge in [0.05, 0.1) is 18.3 Å². The minimum absolute atomic E-state index is 0.00830. The Bertz CT molecular complexity index is 548. The molecule has 4 aliphatic carbocycles. The number of Topliss-reactive ketones (excluding diaryl/α,β-unsaturated/α-hetero) is 1. The van der Waals surface area contributed by atoms with E-state index in [0.29, 0.717) is 43.0 Å². The van der Waals surface area contributed by atoms with Crippen LogP contribution in [0.15, 0.2) is 0 Å². The van der Waals surface area contributed by atoms with E-state index in [0.717, 1.165) is 32.1 Å². The number of ketones is 1. The lowest BCUT2D eigenvalue weighted by molar-refractivity contribution is -0.199. The van der Waals surface area contributed by atoms with Crippen molar-refractivity contribution in [2.75, 3.05) is 6.61 Å². The summed E-state index contributed by atoms with van der Waals surface area (Å²) in [6, 6.07) is 0.